The van der Waals surface area contributed by atoms with Crippen molar-refractivity contribution in [2.24, 2.45) is 0 Å². The van der Waals surface area contributed by atoms with Gasteiger partial charge in [-0.3, -0.25) is 0 Å². The molecule has 0 fully saturated rings. The number of aromatic nitrogens is 2. The Kier molecular flexibility index (Phi) is 4.35. The Balaban J connectivity index is 2.12. The second-order valence-corrected chi connectivity index (χ2v) is 5.92. The lowest BCUT2D eigenvalue weighted by atomic mass is 10.1. The van der Waals surface area contributed by atoms with Gasteiger partial charge in [-0.05, 0) is 32.9 Å². The molecule has 118 valence electrons. The van der Waals surface area contributed by atoms with E-state index in [1.807, 2.05) is 18.2 Å². The number of rotatable bonds is 4. The third-order valence-corrected chi connectivity index (χ3v) is 2.90. The summed E-state index contributed by atoms with van der Waals surface area (Å²) in [6.45, 7) is 5.15. The van der Waals surface area contributed by atoms with Gasteiger partial charge in [-0.2, -0.15) is 0 Å². The first kappa shape index (κ1) is 15.8. The number of hydrogen-bond donors (Lipinski definition) is 2. The maximum absolute atomic E-state index is 11.7. The number of aliphatic carboxylic acids is 1. The molecule has 2 aromatic rings. The van der Waals surface area contributed by atoms with Gasteiger partial charge in [-0.15, -0.1) is 0 Å². The Labute approximate surface area is 127 Å². The number of carbonyl (C=O) groups excluding carboxylic acids is 1. The number of imidazole rings is 1. The predicted octanol–water partition coefficient (Wildman–Crippen LogP) is 1.85. The number of ether oxygens (including phenoxy) is 1. The fourth-order valence-corrected chi connectivity index (χ4v) is 2.00. The third kappa shape index (κ3) is 3.97. The van der Waals surface area contributed by atoms with E-state index in [9.17, 15) is 14.7 Å². The molecular weight excluding hydrogens is 286 g/mol. The topological polar surface area (TPSA) is 92.9 Å². The lowest BCUT2D eigenvalue weighted by Gasteiger charge is -2.21. The molecule has 2 N–H and O–H groups in total. The molecule has 1 amide bonds. The molecule has 1 atom stereocenters. The first-order valence-electron chi connectivity index (χ1n) is 6.89. The van der Waals surface area contributed by atoms with Crippen molar-refractivity contribution in [3.63, 3.8) is 0 Å². The monoisotopic (exact) mass is 305 g/mol. The van der Waals surface area contributed by atoms with Gasteiger partial charge in [0, 0.05) is 24.5 Å². The van der Waals surface area contributed by atoms with Gasteiger partial charge >= 0.3 is 12.1 Å². The summed E-state index contributed by atoms with van der Waals surface area (Å²) in [7, 11) is 0. The number of carboxylic acids is 1. The molecule has 0 aromatic carbocycles. The number of alkyl carbamates (subject to hydrolysis) is 1. The maximum Gasteiger partial charge on any atom is 0.408 e. The van der Waals surface area contributed by atoms with Crippen molar-refractivity contribution in [1.82, 2.24) is 14.7 Å². The maximum atomic E-state index is 11.7. The number of carboxylic acid groups (broad SMARTS) is 1. The highest BCUT2D eigenvalue weighted by Crippen LogP contribution is 2.10. The molecule has 22 heavy (non-hydrogen) atoms. The number of nitrogens with one attached hydrogen (secondary N) is 1. The Morgan fingerprint density at radius 3 is 2.77 bits per heavy atom. The van der Waals surface area contributed by atoms with Gasteiger partial charge in [0.2, 0.25) is 0 Å². The van der Waals surface area contributed by atoms with Crippen LogP contribution in [-0.2, 0) is 16.0 Å². The number of carbonyl (C=O) groups is 2. The van der Waals surface area contributed by atoms with Gasteiger partial charge in [0.1, 0.15) is 17.3 Å². The van der Waals surface area contributed by atoms with Crippen LogP contribution in [0.2, 0.25) is 0 Å². The molecule has 0 saturated heterocycles. The Morgan fingerprint density at radius 2 is 2.14 bits per heavy atom. The summed E-state index contributed by atoms with van der Waals surface area (Å²) in [5, 5.41) is 11.7. The molecule has 1 unspecified atom stereocenters. The second-order valence-electron chi connectivity index (χ2n) is 5.92. The number of nitrogens with zero attached hydrogens (tertiary/aromatic N) is 2. The van der Waals surface area contributed by atoms with Gasteiger partial charge < -0.3 is 19.6 Å². The minimum Gasteiger partial charge on any atom is -0.480 e. The zero-order valence-electron chi connectivity index (χ0n) is 12.7. The van der Waals surface area contributed by atoms with Gasteiger partial charge in [-0.25, -0.2) is 14.6 Å². The smallest absolute Gasteiger partial charge is 0.408 e. The molecule has 7 heteroatoms. The van der Waals surface area contributed by atoms with E-state index in [-0.39, 0.29) is 6.42 Å². The van der Waals surface area contributed by atoms with E-state index in [1.165, 1.54) is 0 Å². The quantitative estimate of drug-likeness (QED) is 0.899. The largest absolute Gasteiger partial charge is 0.480 e. The van der Waals surface area contributed by atoms with E-state index in [0.717, 1.165) is 5.65 Å². The van der Waals surface area contributed by atoms with Crippen LogP contribution in [0.15, 0.2) is 30.6 Å². The normalized spacial score (nSPS) is 12.9. The van der Waals surface area contributed by atoms with E-state index >= 15 is 0 Å². The third-order valence-electron chi connectivity index (χ3n) is 2.90. The number of hydrogen-bond acceptors (Lipinski definition) is 4. The standard InChI is InChI=1S/C15H19N3O4/c1-15(2,3)22-14(21)17-11(13(19)20)8-10-9-16-12-6-4-5-7-18(10)12/h4-7,9,11H,8H2,1-3H3,(H,17,21)(H,19,20). The van der Waals surface area contributed by atoms with Gasteiger partial charge in [0.25, 0.3) is 0 Å². The van der Waals surface area contributed by atoms with Crippen molar-refractivity contribution < 1.29 is 19.4 Å². The molecule has 7 nitrogen and oxygen atoms in total. The average Bonchev–Trinajstić information content (AvgIpc) is 2.79. The van der Waals surface area contributed by atoms with Crippen molar-refractivity contribution in [3.05, 3.63) is 36.3 Å². The van der Waals surface area contributed by atoms with E-state index in [0.29, 0.717) is 5.69 Å². The molecular formula is C15H19N3O4. The van der Waals surface area contributed by atoms with Crippen LogP contribution in [0.25, 0.3) is 5.65 Å². The van der Waals surface area contributed by atoms with Crippen molar-refractivity contribution >= 4 is 17.7 Å². The highest BCUT2D eigenvalue weighted by Gasteiger charge is 2.25. The van der Waals surface area contributed by atoms with Crippen LogP contribution in [-0.4, -0.2) is 38.2 Å². The summed E-state index contributed by atoms with van der Waals surface area (Å²) >= 11 is 0. The predicted molar refractivity (Wildman–Crippen MR) is 79.7 cm³/mol. The summed E-state index contributed by atoms with van der Waals surface area (Å²) in [5.74, 6) is -1.13. The van der Waals surface area contributed by atoms with Crippen LogP contribution >= 0.6 is 0 Å². The first-order chi connectivity index (χ1) is 10.3. The minimum absolute atomic E-state index is 0.111. The summed E-state index contributed by atoms with van der Waals surface area (Å²) < 4.78 is 6.87. The lowest BCUT2D eigenvalue weighted by molar-refractivity contribution is -0.139. The van der Waals surface area contributed by atoms with Gasteiger partial charge in [0.15, 0.2) is 0 Å². The molecule has 0 bridgehead atoms. The molecule has 2 aromatic heterocycles. The van der Waals surface area contributed by atoms with Crippen molar-refractivity contribution in [3.8, 4) is 0 Å². The van der Waals surface area contributed by atoms with Crippen LogP contribution < -0.4 is 5.32 Å². The summed E-state index contributed by atoms with van der Waals surface area (Å²) in [5.41, 5.74) is 0.731. The number of amides is 1. The Hall–Kier alpha value is -2.57. The number of pyridine rings is 1. The van der Waals surface area contributed by atoms with Crippen molar-refractivity contribution in [2.75, 3.05) is 0 Å². The van der Waals surface area contributed by atoms with E-state index < -0.39 is 23.7 Å². The van der Waals surface area contributed by atoms with Crippen LogP contribution in [0.1, 0.15) is 26.5 Å². The fraction of sp³-hybridized carbons (Fsp3) is 0.400. The summed E-state index contributed by atoms with van der Waals surface area (Å²) in [4.78, 5) is 27.3. The molecule has 0 radical (unpaired) electrons. The minimum atomic E-state index is -1.13. The zero-order chi connectivity index (χ0) is 16.3. The second kappa shape index (κ2) is 6.05. The SMILES string of the molecule is CC(C)(C)OC(=O)NC(Cc1cnc2ccccn12)C(=O)O. The van der Waals surface area contributed by atoms with Crippen LogP contribution in [0.3, 0.4) is 0 Å². The van der Waals surface area contributed by atoms with Gasteiger partial charge in [-0.1, -0.05) is 6.07 Å². The van der Waals surface area contributed by atoms with Crippen LogP contribution in [0, 0.1) is 0 Å². The Morgan fingerprint density at radius 1 is 1.41 bits per heavy atom. The van der Waals surface area contributed by atoms with E-state index in [4.69, 9.17) is 4.74 Å². The fourth-order valence-electron chi connectivity index (χ4n) is 2.00. The molecule has 0 spiro atoms. The molecule has 2 rings (SSSR count). The highest BCUT2D eigenvalue weighted by molar-refractivity contribution is 5.80. The van der Waals surface area contributed by atoms with E-state index in [1.54, 1.807) is 37.6 Å². The summed E-state index contributed by atoms with van der Waals surface area (Å²) in [6, 6.07) is 4.41. The van der Waals surface area contributed by atoms with E-state index in [2.05, 4.69) is 10.3 Å². The summed E-state index contributed by atoms with van der Waals surface area (Å²) in [6.07, 6.45) is 2.75. The van der Waals surface area contributed by atoms with Crippen LogP contribution in [0.5, 0.6) is 0 Å². The molecule has 2 heterocycles. The van der Waals surface area contributed by atoms with Crippen LogP contribution in [0.4, 0.5) is 4.79 Å². The molecule has 0 aliphatic heterocycles. The Bertz CT molecular complexity index is 687. The highest BCUT2D eigenvalue weighted by atomic mass is 16.6. The number of fused-ring (bicyclic) bond motifs is 1. The molecule has 0 aliphatic rings. The zero-order valence-corrected chi connectivity index (χ0v) is 12.7. The average molecular weight is 305 g/mol. The first-order valence-corrected chi connectivity index (χ1v) is 6.89. The van der Waals surface area contributed by atoms with Crippen molar-refractivity contribution in [2.45, 2.75) is 38.8 Å². The molecule has 0 saturated carbocycles. The van der Waals surface area contributed by atoms with Gasteiger partial charge in [0.05, 0.1) is 0 Å². The molecule has 0 aliphatic carbocycles. The lowest BCUT2D eigenvalue weighted by Crippen LogP contribution is -2.44. The van der Waals surface area contributed by atoms with Crippen molar-refractivity contribution in [1.29, 1.82) is 0 Å².